The molecular weight excluding hydrogens is 730 g/mol. The maximum absolute atomic E-state index is 12.0. The zero-order valence-corrected chi connectivity index (χ0v) is 31.4. The second kappa shape index (κ2) is 22.7. The van der Waals surface area contributed by atoms with Crippen molar-refractivity contribution in [2.24, 2.45) is 0 Å². The summed E-state index contributed by atoms with van der Waals surface area (Å²) in [6, 6.07) is 42.8. The van der Waals surface area contributed by atoms with Gasteiger partial charge in [0.2, 0.25) is 0 Å². The predicted octanol–water partition coefficient (Wildman–Crippen LogP) is 8.12. The predicted molar refractivity (Wildman–Crippen MR) is 206 cm³/mol. The van der Waals surface area contributed by atoms with E-state index in [2.05, 4.69) is 160 Å². The van der Waals surface area contributed by atoms with Crippen LogP contribution in [-0.4, -0.2) is 11.2 Å². The summed E-state index contributed by atoms with van der Waals surface area (Å²) in [7, 11) is -1.61. The molecule has 1 N–H and O–H groups in total. The van der Waals surface area contributed by atoms with Gasteiger partial charge < -0.3 is 5.11 Å². The van der Waals surface area contributed by atoms with Crippen LogP contribution in [-0.2, 0) is 34.1 Å². The van der Waals surface area contributed by atoms with Crippen molar-refractivity contribution in [3.8, 4) is 0 Å². The van der Waals surface area contributed by atoms with Crippen molar-refractivity contribution in [1.29, 1.82) is 0 Å². The number of benzene rings is 4. The summed E-state index contributed by atoms with van der Waals surface area (Å²) in [6.45, 7) is 0. The Morgan fingerprint density at radius 3 is 0.800 bits per heavy atom. The third kappa shape index (κ3) is 11.4. The molecule has 0 aromatic heterocycles. The topological polar surface area (TPSA) is 20.2 Å². The van der Waals surface area contributed by atoms with Crippen molar-refractivity contribution in [3.05, 3.63) is 247 Å². The van der Waals surface area contributed by atoms with Gasteiger partial charge in [-0.2, -0.15) is 0 Å². The van der Waals surface area contributed by atoms with Gasteiger partial charge in [0.25, 0.3) is 0 Å². The average molecular weight is 768 g/mol. The van der Waals surface area contributed by atoms with E-state index in [1.54, 1.807) is 0 Å². The average Bonchev–Trinajstić information content (AvgIpc) is 4.00. The molecule has 0 saturated heterocycles. The van der Waals surface area contributed by atoms with E-state index < -0.39 is 21.9 Å². The van der Waals surface area contributed by atoms with Crippen molar-refractivity contribution in [2.75, 3.05) is 0 Å². The van der Waals surface area contributed by atoms with Crippen LogP contribution in [0.15, 0.2) is 121 Å². The zero-order valence-electron chi connectivity index (χ0n) is 27.4. The number of aliphatic hydroxyl groups is 1. The molecule has 4 aliphatic carbocycles. The van der Waals surface area contributed by atoms with Crippen LogP contribution in [0.4, 0.5) is 0 Å². The molecule has 4 fully saturated rings. The van der Waals surface area contributed by atoms with Crippen LogP contribution in [0.3, 0.4) is 0 Å². The SMILES string of the molecule is OC([C]1[CH][CH][CH][C]1P(c1ccccc1)c1ccccc1)[C]1[CH][CH][CH][C]1P(c1ccccc1)c1ccccc1.[CH]1[CH][CH][CH][CH]1.[CH]1[CH][CH][CH][CH]1.[Fe+2].[Fe+2]. The molecule has 0 bridgehead atoms. The van der Waals surface area contributed by atoms with Crippen LogP contribution >= 0.6 is 15.8 Å². The van der Waals surface area contributed by atoms with Crippen LogP contribution in [0.25, 0.3) is 0 Å². The van der Waals surface area contributed by atoms with Crippen LogP contribution in [0.2, 0.25) is 0 Å². The van der Waals surface area contributed by atoms with E-state index >= 15 is 0 Å². The van der Waals surface area contributed by atoms with Gasteiger partial charge >= 0.3 is 34.1 Å². The van der Waals surface area contributed by atoms with Gasteiger partial charge in [-0.05, 0) is 140 Å². The van der Waals surface area contributed by atoms with E-state index in [1.165, 1.54) is 32.5 Å². The van der Waals surface area contributed by atoms with Gasteiger partial charge in [-0.25, -0.2) is 0 Å². The quantitative estimate of drug-likeness (QED) is 0.142. The Hall–Kier alpha value is -1.26. The molecule has 4 saturated carbocycles. The summed E-state index contributed by atoms with van der Waals surface area (Å²) >= 11 is 0. The zero-order chi connectivity index (χ0) is 32.8. The van der Waals surface area contributed by atoms with Crippen LogP contribution in [0.1, 0.15) is 0 Å². The Labute approximate surface area is 327 Å². The van der Waals surface area contributed by atoms with E-state index in [1.807, 2.05) is 64.2 Å². The largest absolute Gasteiger partial charge is 2.00 e. The molecule has 0 spiro atoms. The number of rotatable bonds is 8. The molecule has 246 valence electrons. The van der Waals surface area contributed by atoms with Crippen LogP contribution in [0, 0.1) is 126 Å². The van der Waals surface area contributed by atoms with E-state index in [4.69, 9.17) is 0 Å². The molecule has 4 aliphatic rings. The minimum atomic E-state index is -0.805. The molecular formula is C45H38Fe2OP2+4. The third-order valence-electron chi connectivity index (χ3n) is 7.89. The summed E-state index contributed by atoms with van der Waals surface area (Å²) in [6.07, 6.45) is 32.1. The summed E-state index contributed by atoms with van der Waals surface area (Å²) < 4.78 is 0. The standard InChI is InChI=1S/C35H28OP2.2C5H5.2Fe/c36-35(31-23-13-25-33(31)37(27-15-5-1-6-16-27)28-17-7-2-8-18-28)32-24-14-26-34(32)38(29-19-9-3-10-20-29)30-21-11-4-12-22-30;2*1-2-4-5-3-1;;/h1-26,35-36H;2*1-5H;;/q;;;2*+2. The summed E-state index contributed by atoms with van der Waals surface area (Å²) in [5.74, 6) is 1.99. The monoisotopic (exact) mass is 768 g/mol. The van der Waals surface area contributed by atoms with Crippen LogP contribution < -0.4 is 21.2 Å². The van der Waals surface area contributed by atoms with Gasteiger partial charge in [0.05, 0.1) is 6.10 Å². The normalized spacial score (nSPS) is 18.3. The van der Waals surface area contributed by atoms with Crippen molar-refractivity contribution in [2.45, 2.75) is 6.10 Å². The molecule has 4 aromatic carbocycles. The second-order valence-electron chi connectivity index (χ2n) is 11.1. The van der Waals surface area contributed by atoms with Crippen molar-refractivity contribution < 1.29 is 39.2 Å². The smallest absolute Gasteiger partial charge is 0.392 e. The van der Waals surface area contributed by atoms with Gasteiger partial charge in [-0.1, -0.05) is 121 Å². The van der Waals surface area contributed by atoms with E-state index in [0.717, 1.165) is 11.8 Å². The number of hydrogen-bond acceptors (Lipinski definition) is 1. The third-order valence-corrected chi connectivity index (χ3v) is 12.9. The maximum atomic E-state index is 12.0. The maximum Gasteiger partial charge on any atom is 2.00 e. The molecule has 5 heteroatoms. The number of aliphatic hydroxyl groups excluding tert-OH is 1. The van der Waals surface area contributed by atoms with Gasteiger partial charge in [0.1, 0.15) is 0 Å². The van der Waals surface area contributed by atoms with Gasteiger partial charge in [-0.3, -0.25) is 0 Å². The van der Waals surface area contributed by atoms with Gasteiger partial charge in [0, 0.05) is 23.2 Å². The molecule has 0 heterocycles. The van der Waals surface area contributed by atoms with E-state index in [-0.39, 0.29) is 34.1 Å². The van der Waals surface area contributed by atoms with Gasteiger partial charge in [0.15, 0.2) is 0 Å². The summed E-state index contributed by atoms with van der Waals surface area (Å²) in [5.41, 5.74) is 2.42. The Balaban J connectivity index is 0.000000403. The first-order valence-electron chi connectivity index (χ1n) is 16.1. The fourth-order valence-electron chi connectivity index (χ4n) is 5.69. The van der Waals surface area contributed by atoms with Crippen molar-refractivity contribution in [1.82, 2.24) is 0 Å². The fraction of sp³-hybridized carbons (Fsp3) is 0.0222. The van der Waals surface area contributed by atoms with E-state index in [0.29, 0.717) is 0 Å². The minimum absolute atomic E-state index is 0. The van der Waals surface area contributed by atoms with Gasteiger partial charge in [-0.15, -0.1) is 0 Å². The molecule has 50 heavy (non-hydrogen) atoms. The van der Waals surface area contributed by atoms with E-state index in [9.17, 15) is 5.11 Å². The molecule has 0 atom stereocenters. The van der Waals surface area contributed by atoms with Crippen LogP contribution in [0.5, 0.6) is 0 Å². The Morgan fingerprint density at radius 1 is 0.320 bits per heavy atom. The van der Waals surface area contributed by atoms with Crippen molar-refractivity contribution >= 4 is 37.1 Å². The first-order valence-corrected chi connectivity index (χ1v) is 18.8. The Morgan fingerprint density at radius 2 is 0.560 bits per heavy atom. The Bertz CT molecular complexity index is 1230. The first-order chi connectivity index (χ1) is 23.8. The fourth-order valence-corrected chi connectivity index (χ4v) is 10.7. The molecule has 0 aliphatic heterocycles. The molecule has 1 nitrogen and oxygen atoms in total. The second-order valence-corrected chi connectivity index (χ2v) is 15.4. The molecule has 20 radical (unpaired) electrons. The molecule has 4 aromatic rings. The summed E-state index contributed by atoms with van der Waals surface area (Å²) in [5, 5.41) is 17.2. The number of hydrogen-bond donors (Lipinski definition) is 1. The Kier molecular flexibility index (Phi) is 18.9. The van der Waals surface area contributed by atoms with Crippen molar-refractivity contribution in [3.63, 3.8) is 0 Å². The molecule has 8 rings (SSSR count). The summed E-state index contributed by atoms with van der Waals surface area (Å²) in [4.78, 5) is 0. The first kappa shape index (κ1) is 41.5. The molecule has 0 unspecified atom stereocenters. The molecule has 0 amide bonds. The minimum Gasteiger partial charge on any atom is -0.392 e.